The summed E-state index contributed by atoms with van der Waals surface area (Å²) >= 11 is 1.63. The van der Waals surface area contributed by atoms with Gasteiger partial charge in [0.25, 0.3) is 0 Å². The second-order valence-corrected chi connectivity index (χ2v) is 10.8. The second kappa shape index (κ2) is 8.82. The first-order valence-corrected chi connectivity index (χ1v) is 12.6. The number of benzene rings is 2. The first-order valence-electron chi connectivity index (χ1n) is 10.0. The molecule has 1 aliphatic rings. The number of anilines is 1. The number of carbonyl (C=O) groups excluding carboxylic acids is 1. The first-order chi connectivity index (χ1) is 14.8. The fourth-order valence-corrected chi connectivity index (χ4v) is 6.33. The number of rotatable bonds is 6. The molecule has 6 nitrogen and oxygen atoms in total. The summed E-state index contributed by atoms with van der Waals surface area (Å²) in [6, 6.07) is 15.5. The van der Waals surface area contributed by atoms with Crippen molar-refractivity contribution in [3.8, 4) is 0 Å². The van der Waals surface area contributed by atoms with E-state index in [9.17, 15) is 13.2 Å². The van der Waals surface area contributed by atoms with Crippen molar-refractivity contribution in [3.05, 3.63) is 81.5 Å². The fourth-order valence-electron chi connectivity index (χ4n) is 3.70. The van der Waals surface area contributed by atoms with Gasteiger partial charge < -0.3 is 10.6 Å². The highest BCUT2D eigenvalue weighted by atomic mass is 32.2. The smallest absolute Gasteiger partial charge is 0.319 e. The maximum atomic E-state index is 12.9. The lowest BCUT2D eigenvalue weighted by Gasteiger charge is -2.15. The van der Waals surface area contributed by atoms with Gasteiger partial charge in [-0.05, 0) is 60.3 Å². The molecule has 2 aromatic carbocycles. The van der Waals surface area contributed by atoms with Crippen LogP contribution in [0.15, 0.2) is 64.9 Å². The van der Waals surface area contributed by atoms with Crippen molar-refractivity contribution in [1.29, 1.82) is 0 Å². The Morgan fingerprint density at radius 1 is 1.10 bits per heavy atom. The van der Waals surface area contributed by atoms with Crippen molar-refractivity contribution >= 4 is 32.9 Å². The molecule has 2 N–H and O–H groups in total. The van der Waals surface area contributed by atoms with Gasteiger partial charge in [-0.15, -0.1) is 11.3 Å². The number of sulfone groups is 1. The summed E-state index contributed by atoms with van der Waals surface area (Å²) < 4.78 is 25.8. The predicted octanol–water partition coefficient (Wildman–Crippen LogP) is 4.55. The Labute approximate surface area is 186 Å². The third kappa shape index (κ3) is 4.98. The van der Waals surface area contributed by atoms with Gasteiger partial charge in [-0.2, -0.15) is 0 Å². The Morgan fingerprint density at radius 3 is 2.52 bits per heavy atom. The van der Waals surface area contributed by atoms with E-state index in [1.807, 2.05) is 49.7 Å². The van der Waals surface area contributed by atoms with Crippen LogP contribution in [-0.2, 0) is 28.7 Å². The largest absolute Gasteiger partial charge is 0.331 e. The van der Waals surface area contributed by atoms with Crippen LogP contribution in [0.4, 0.5) is 10.5 Å². The number of amides is 2. The zero-order valence-electron chi connectivity index (χ0n) is 17.5. The van der Waals surface area contributed by atoms with Gasteiger partial charge in [0.05, 0.1) is 16.7 Å². The van der Waals surface area contributed by atoms with Gasteiger partial charge in [0.1, 0.15) is 0 Å². The number of fused-ring (bicyclic) bond motifs is 1. The van der Waals surface area contributed by atoms with Crippen LogP contribution in [0.2, 0.25) is 0 Å². The summed E-state index contributed by atoms with van der Waals surface area (Å²) in [6.07, 6.45) is 0. The molecule has 0 saturated carbocycles. The van der Waals surface area contributed by atoms with E-state index in [1.54, 1.807) is 35.6 Å². The van der Waals surface area contributed by atoms with Gasteiger partial charge in [-0.3, -0.25) is 4.90 Å². The van der Waals surface area contributed by atoms with Crippen molar-refractivity contribution in [2.75, 3.05) is 12.4 Å². The van der Waals surface area contributed by atoms with E-state index in [2.05, 4.69) is 15.5 Å². The SMILES string of the molecule is CC(NC(=O)Nc1ccc(S(=O)(=O)Cc2csc3c2CN(C)C3)cc1)c1ccccc1. The minimum atomic E-state index is -3.46. The summed E-state index contributed by atoms with van der Waals surface area (Å²) in [5, 5.41) is 7.59. The van der Waals surface area contributed by atoms with Gasteiger partial charge >= 0.3 is 6.03 Å². The molecule has 0 fully saturated rings. The van der Waals surface area contributed by atoms with E-state index >= 15 is 0 Å². The third-order valence-electron chi connectivity index (χ3n) is 5.37. The molecule has 1 aromatic heterocycles. The van der Waals surface area contributed by atoms with Gasteiger partial charge in [0, 0.05) is 23.7 Å². The van der Waals surface area contributed by atoms with Crippen LogP contribution < -0.4 is 10.6 Å². The molecule has 162 valence electrons. The second-order valence-electron chi connectivity index (χ2n) is 7.85. The zero-order chi connectivity index (χ0) is 22.0. The molecule has 0 spiro atoms. The average Bonchev–Trinajstić information content (AvgIpc) is 3.28. The molecule has 4 rings (SSSR count). The lowest BCUT2D eigenvalue weighted by atomic mass is 10.1. The van der Waals surface area contributed by atoms with Crippen LogP contribution in [0, 0.1) is 0 Å². The maximum absolute atomic E-state index is 12.9. The van der Waals surface area contributed by atoms with Gasteiger partial charge in [0.15, 0.2) is 9.84 Å². The van der Waals surface area contributed by atoms with E-state index in [-0.39, 0.29) is 22.7 Å². The summed E-state index contributed by atoms with van der Waals surface area (Å²) in [5.74, 6) is -0.00543. The Bertz CT molecular complexity index is 1170. The van der Waals surface area contributed by atoms with Gasteiger partial charge in [-0.25, -0.2) is 13.2 Å². The molecular weight excluding hydrogens is 430 g/mol. The number of hydrogen-bond donors (Lipinski definition) is 2. The fraction of sp³-hybridized carbons (Fsp3) is 0.261. The molecule has 0 bridgehead atoms. The number of hydrogen-bond acceptors (Lipinski definition) is 5. The molecule has 0 radical (unpaired) electrons. The molecule has 0 aliphatic carbocycles. The van der Waals surface area contributed by atoms with Crippen molar-refractivity contribution < 1.29 is 13.2 Å². The molecule has 0 saturated heterocycles. The minimum absolute atomic E-state index is 0.00543. The van der Waals surface area contributed by atoms with Crippen molar-refractivity contribution in [2.45, 2.75) is 36.7 Å². The van der Waals surface area contributed by atoms with E-state index in [0.717, 1.165) is 29.8 Å². The molecule has 3 aromatic rings. The number of nitrogens with one attached hydrogen (secondary N) is 2. The Morgan fingerprint density at radius 2 is 1.81 bits per heavy atom. The first kappa shape index (κ1) is 21.5. The Balaban J connectivity index is 1.39. The Kier molecular flexibility index (Phi) is 6.13. The standard InChI is InChI=1S/C23H25N3O3S2/c1-16(17-6-4-3-5-7-17)24-23(27)25-19-8-10-20(11-9-19)31(28,29)15-18-14-30-22-13-26(2)12-21(18)22/h3-11,14,16H,12-13,15H2,1-2H3,(H2,24,25,27). The van der Waals surface area contributed by atoms with Crippen LogP contribution in [0.3, 0.4) is 0 Å². The number of urea groups is 1. The minimum Gasteiger partial charge on any atom is -0.331 e. The topological polar surface area (TPSA) is 78.5 Å². The van der Waals surface area contributed by atoms with Crippen LogP contribution in [0.25, 0.3) is 0 Å². The van der Waals surface area contributed by atoms with E-state index in [1.165, 1.54) is 4.88 Å². The van der Waals surface area contributed by atoms with E-state index in [4.69, 9.17) is 0 Å². The molecule has 8 heteroatoms. The van der Waals surface area contributed by atoms with Crippen molar-refractivity contribution in [3.63, 3.8) is 0 Å². The van der Waals surface area contributed by atoms with Crippen LogP contribution in [0.1, 0.15) is 34.5 Å². The summed E-state index contributed by atoms with van der Waals surface area (Å²) in [5.41, 5.74) is 3.58. The number of nitrogens with zero attached hydrogens (tertiary/aromatic N) is 1. The highest BCUT2D eigenvalue weighted by molar-refractivity contribution is 7.90. The molecule has 31 heavy (non-hydrogen) atoms. The van der Waals surface area contributed by atoms with Crippen LogP contribution in [-0.4, -0.2) is 26.4 Å². The quantitative estimate of drug-likeness (QED) is 0.572. The van der Waals surface area contributed by atoms with Gasteiger partial charge in [0.2, 0.25) is 0 Å². The summed E-state index contributed by atoms with van der Waals surface area (Å²) in [7, 11) is -1.43. The highest BCUT2D eigenvalue weighted by Crippen LogP contribution is 2.33. The number of carbonyl (C=O) groups is 1. The third-order valence-corrected chi connectivity index (χ3v) is 8.12. The lowest BCUT2D eigenvalue weighted by molar-refractivity contribution is 0.249. The summed E-state index contributed by atoms with van der Waals surface area (Å²) in [4.78, 5) is 16.0. The highest BCUT2D eigenvalue weighted by Gasteiger charge is 2.25. The van der Waals surface area contributed by atoms with Gasteiger partial charge in [-0.1, -0.05) is 30.3 Å². The zero-order valence-corrected chi connectivity index (χ0v) is 19.1. The average molecular weight is 456 g/mol. The number of thiophene rings is 1. The monoisotopic (exact) mass is 455 g/mol. The molecule has 1 aliphatic heterocycles. The molecule has 2 amide bonds. The van der Waals surface area contributed by atoms with Crippen molar-refractivity contribution in [1.82, 2.24) is 10.2 Å². The molecule has 1 atom stereocenters. The van der Waals surface area contributed by atoms with Crippen LogP contribution in [0.5, 0.6) is 0 Å². The van der Waals surface area contributed by atoms with E-state index in [0.29, 0.717) is 5.69 Å². The Hall–Kier alpha value is -2.68. The predicted molar refractivity (Wildman–Crippen MR) is 124 cm³/mol. The normalized spacial score (nSPS) is 14.8. The maximum Gasteiger partial charge on any atom is 0.319 e. The van der Waals surface area contributed by atoms with Crippen molar-refractivity contribution in [2.24, 2.45) is 0 Å². The molecule has 1 unspecified atom stereocenters. The van der Waals surface area contributed by atoms with Crippen LogP contribution >= 0.6 is 11.3 Å². The summed E-state index contributed by atoms with van der Waals surface area (Å²) in [6.45, 7) is 3.58. The molecular formula is C23H25N3O3S2. The molecule has 2 heterocycles. The lowest BCUT2D eigenvalue weighted by Crippen LogP contribution is -2.31. The van der Waals surface area contributed by atoms with E-state index < -0.39 is 9.84 Å².